The van der Waals surface area contributed by atoms with E-state index in [1.54, 1.807) is 17.5 Å². The molecule has 1 aliphatic rings. The van der Waals surface area contributed by atoms with Gasteiger partial charge in [-0.2, -0.15) is 0 Å². The van der Waals surface area contributed by atoms with Gasteiger partial charge in [-0.15, -0.1) is 21.5 Å². The molecule has 1 N–H and O–H groups in total. The lowest BCUT2D eigenvalue weighted by molar-refractivity contribution is -0.136. The lowest BCUT2D eigenvalue weighted by Gasteiger charge is -2.33. The molecule has 29 heavy (non-hydrogen) atoms. The van der Waals surface area contributed by atoms with Gasteiger partial charge in [-0.25, -0.2) is 0 Å². The second kappa shape index (κ2) is 7.83. The number of halogens is 1. The highest BCUT2D eigenvalue weighted by molar-refractivity contribution is 7.23. The van der Waals surface area contributed by atoms with E-state index in [1.807, 2.05) is 29.3 Å². The molecule has 4 aromatic rings. The van der Waals surface area contributed by atoms with Crippen molar-refractivity contribution < 1.29 is 4.79 Å². The van der Waals surface area contributed by atoms with Crippen molar-refractivity contribution in [2.24, 2.45) is 0 Å². The van der Waals surface area contributed by atoms with Gasteiger partial charge < -0.3 is 9.88 Å². The van der Waals surface area contributed by atoms with Crippen LogP contribution < -0.4 is 0 Å². The normalized spacial score (nSPS) is 15.5. The summed E-state index contributed by atoms with van der Waals surface area (Å²) in [5.74, 6) is 0.128. The third-order valence-electron chi connectivity index (χ3n) is 4.85. The van der Waals surface area contributed by atoms with Crippen molar-refractivity contribution in [1.29, 1.82) is 0 Å². The van der Waals surface area contributed by atoms with Crippen LogP contribution in [0, 0.1) is 0 Å². The summed E-state index contributed by atoms with van der Waals surface area (Å²) in [5.41, 5.74) is 2.07. The molecule has 0 aliphatic carbocycles. The third kappa shape index (κ3) is 4.04. The monoisotopic (exact) mass is 444 g/mol. The molecule has 5 heterocycles. The van der Waals surface area contributed by atoms with Crippen LogP contribution in [0.15, 0.2) is 36.7 Å². The van der Waals surface area contributed by atoms with E-state index in [0.717, 1.165) is 42.4 Å². The summed E-state index contributed by atoms with van der Waals surface area (Å²) < 4.78 is 0.740. The Hall–Kier alpha value is -2.33. The van der Waals surface area contributed by atoms with E-state index in [-0.39, 0.29) is 5.91 Å². The first-order valence-corrected chi connectivity index (χ1v) is 11.1. The smallest absolute Gasteiger partial charge is 0.237 e. The molecule has 1 saturated heterocycles. The first kappa shape index (κ1) is 18.7. The maximum absolute atomic E-state index is 12.7. The first-order valence-electron chi connectivity index (χ1n) is 9.14. The highest BCUT2D eigenvalue weighted by Crippen LogP contribution is 2.33. The van der Waals surface area contributed by atoms with Crippen LogP contribution in [0.4, 0.5) is 0 Å². The number of aromatic nitrogens is 4. The van der Waals surface area contributed by atoms with E-state index in [1.165, 1.54) is 11.3 Å². The van der Waals surface area contributed by atoms with Crippen LogP contribution in [0.3, 0.4) is 0 Å². The Kier molecular flexibility index (Phi) is 5.04. The zero-order valence-corrected chi connectivity index (χ0v) is 17.7. The second-order valence-corrected chi connectivity index (χ2v) is 9.67. The molecular weight excluding hydrogens is 428 g/mol. The van der Waals surface area contributed by atoms with Crippen LogP contribution in [0.2, 0.25) is 4.34 Å². The Labute approximate surface area is 180 Å². The minimum absolute atomic E-state index is 0.128. The van der Waals surface area contributed by atoms with E-state index in [2.05, 4.69) is 31.1 Å². The van der Waals surface area contributed by atoms with Gasteiger partial charge in [-0.1, -0.05) is 22.9 Å². The molecule has 7 nitrogen and oxygen atoms in total. The number of aromatic amines is 1. The molecule has 0 atom stereocenters. The molecule has 0 radical (unpaired) electrons. The molecule has 10 heteroatoms. The van der Waals surface area contributed by atoms with Crippen molar-refractivity contribution in [2.45, 2.75) is 13.1 Å². The van der Waals surface area contributed by atoms with Crippen LogP contribution in [0.5, 0.6) is 0 Å². The molecule has 5 rings (SSSR count). The average molecular weight is 445 g/mol. The highest BCUT2D eigenvalue weighted by Gasteiger charge is 2.25. The zero-order valence-electron chi connectivity index (χ0n) is 15.3. The number of H-pyrrole nitrogens is 1. The highest BCUT2D eigenvalue weighted by atomic mass is 35.5. The van der Waals surface area contributed by atoms with Gasteiger partial charge in [0.2, 0.25) is 5.91 Å². The predicted octanol–water partition coefficient (Wildman–Crippen LogP) is 3.64. The number of nitrogens with one attached hydrogen (secondary N) is 1. The standard InChI is InChI=1S/C19H17ClN6OS2/c20-16-2-1-15(28-16)19-24-23-17(29-19)10-25-5-6-26(18(27)11-25)9-13-7-12-8-21-4-3-14(12)22-13/h1-4,7-8,22H,5-6,9-11H2. The number of carbonyl (C=O) groups excluding carboxylic acids is 1. The number of fused-ring (bicyclic) bond motifs is 1. The summed E-state index contributed by atoms with van der Waals surface area (Å²) in [6.45, 7) is 3.12. The maximum Gasteiger partial charge on any atom is 0.237 e. The summed E-state index contributed by atoms with van der Waals surface area (Å²) in [6, 6.07) is 7.82. The third-order valence-corrected chi connectivity index (χ3v) is 7.15. The molecule has 1 fully saturated rings. The van der Waals surface area contributed by atoms with Gasteiger partial charge in [0.05, 0.1) is 28.8 Å². The van der Waals surface area contributed by atoms with Gasteiger partial charge >= 0.3 is 0 Å². The zero-order chi connectivity index (χ0) is 19.8. The van der Waals surface area contributed by atoms with Crippen molar-refractivity contribution in [2.75, 3.05) is 19.6 Å². The van der Waals surface area contributed by atoms with E-state index in [0.29, 0.717) is 26.2 Å². The Bertz CT molecular complexity index is 1140. The quantitative estimate of drug-likeness (QED) is 0.508. The molecule has 1 amide bonds. The number of hydrogen-bond acceptors (Lipinski definition) is 7. The lowest BCUT2D eigenvalue weighted by atomic mass is 10.2. The van der Waals surface area contributed by atoms with Crippen molar-refractivity contribution in [3.63, 3.8) is 0 Å². The molecule has 0 unspecified atom stereocenters. The van der Waals surface area contributed by atoms with E-state index < -0.39 is 0 Å². The Balaban J connectivity index is 1.20. The molecular formula is C19H17ClN6OS2. The first-order chi connectivity index (χ1) is 14.1. The van der Waals surface area contributed by atoms with Crippen molar-refractivity contribution >= 4 is 51.1 Å². The molecule has 0 spiro atoms. The van der Waals surface area contributed by atoms with Crippen LogP contribution in [-0.2, 0) is 17.9 Å². The van der Waals surface area contributed by atoms with Gasteiger partial charge in [-0.3, -0.25) is 14.7 Å². The van der Waals surface area contributed by atoms with E-state index in [4.69, 9.17) is 11.6 Å². The van der Waals surface area contributed by atoms with E-state index in [9.17, 15) is 4.79 Å². The summed E-state index contributed by atoms with van der Waals surface area (Å²) in [6.07, 6.45) is 3.59. The van der Waals surface area contributed by atoms with Gasteiger partial charge in [0.1, 0.15) is 5.01 Å². The maximum atomic E-state index is 12.7. The largest absolute Gasteiger partial charge is 0.357 e. The molecule has 4 aromatic heterocycles. The van der Waals surface area contributed by atoms with Crippen LogP contribution in [-0.4, -0.2) is 55.5 Å². The average Bonchev–Trinajstić information content (AvgIpc) is 3.43. The Morgan fingerprint density at radius 1 is 1.14 bits per heavy atom. The SMILES string of the molecule is O=C1CN(Cc2nnc(-c3ccc(Cl)s3)s2)CCN1Cc1cc2cnccc2[nH]1. The topological polar surface area (TPSA) is 78.0 Å². The lowest BCUT2D eigenvalue weighted by Crippen LogP contribution is -2.49. The number of hydrogen-bond donors (Lipinski definition) is 1. The summed E-state index contributed by atoms with van der Waals surface area (Å²) >= 11 is 9.05. The minimum Gasteiger partial charge on any atom is -0.357 e. The van der Waals surface area contributed by atoms with Gasteiger partial charge in [0, 0.05) is 42.1 Å². The molecule has 148 valence electrons. The number of thiophene rings is 1. The minimum atomic E-state index is 0.128. The van der Waals surface area contributed by atoms with Gasteiger partial charge in [-0.05, 0) is 24.3 Å². The van der Waals surface area contributed by atoms with Gasteiger partial charge in [0.25, 0.3) is 0 Å². The number of rotatable bonds is 5. The molecule has 0 bridgehead atoms. The Morgan fingerprint density at radius 3 is 2.86 bits per heavy atom. The summed E-state index contributed by atoms with van der Waals surface area (Å²) in [7, 11) is 0. The van der Waals surface area contributed by atoms with Gasteiger partial charge in [0.15, 0.2) is 5.01 Å². The van der Waals surface area contributed by atoms with Crippen LogP contribution in [0.1, 0.15) is 10.7 Å². The Morgan fingerprint density at radius 2 is 2.07 bits per heavy atom. The summed E-state index contributed by atoms with van der Waals surface area (Å²) in [4.78, 5) is 25.2. The summed E-state index contributed by atoms with van der Waals surface area (Å²) in [5, 5.41) is 11.4. The number of amides is 1. The fourth-order valence-electron chi connectivity index (χ4n) is 3.42. The molecule has 0 aromatic carbocycles. The van der Waals surface area contributed by atoms with Crippen LogP contribution in [0.25, 0.3) is 20.8 Å². The van der Waals surface area contributed by atoms with Crippen LogP contribution >= 0.6 is 34.3 Å². The number of piperazine rings is 1. The van der Waals surface area contributed by atoms with Crippen molar-refractivity contribution in [1.82, 2.24) is 30.0 Å². The number of pyridine rings is 1. The fraction of sp³-hybridized carbons (Fsp3) is 0.263. The molecule has 1 aliphatic heterocycles. The van der Waals surface area contributed by atoms with E-state index >= 15 is 0 Å². The van der Waals surface area contributed by atoms with Crippen molar-refractivity contribution in [3.05, 3.63) is 51.7 Å². The second-order valence-electron chi connectivity index (χ2n) is 6.89. The van der Waals surface area contributed by atoms with Crippen molar-refractivity contribution in [3.8, 4) is 9.88 Å². The molecule has 0 saturated carbocycles. The number of carbonyl (C=O) groups is 1. The fourth-order valence-corrected chi connectivity index (χ4v) is 5.40. The number of nitrogens with zero attached hydrogens (tertiary/aromatic N) is 5. The predicted molar refractivity (Wildman–Crippen MR) is 115 cm³/mol.